The zero-order valence-corrected chi connectivity index (χ0v) is 15.5. The summed E-state index contributed by atoms with van der Waals surface area (Å²) < 4.78 is 10.9. The molecule has 8 heteroatoms. The van der Waals surface area contributed by atoms with Gasteiger partial charge >= 0.3 is 6.03 Å². The molecule has 1 N–H and O–H groups in total. The number of aryl methyl sites for hydroxylation is 1. The molecule has 3 aromatic rings. The molecular formula is C20H21N5O3. The quantitative estimate of drug-likeness (QED) is 0.737. The summed E-state index contributed by atoms with van der Waals surface area (Å²) in [5, 5.41) is 6.95. The molecule has 1 aliphatic rings. The summed E-state index contributed by atoms with van der Waals surface area (Å²) in [6.45, 7) is 3.05. The van der Waals surface area contributed by atoms with Gasteiger partial charge in [-0.15, -0.1) is 0 Å². The van der Waals surface area contributed by atoms with E-state index < -0.39 is 0 Å². The number of hydrogen-bond acceptors (Lipinski definition) is 6. The van der Waals surface area contributed by atoms with Gasteiger partial charge in [-0.1, -0.05) is 17.3 Å². The highest BCUT2D eigenvalue weighted by Crippen LogP contribution is 2.30. The molecule has 0 bridgehead atoms. The molecule has 4 rings (SSSR count). The number of benzene rings is 1. The van der Waals surface area contributed by atoms with Crippen LogP contribution in [0.2, 0.25) is 0 Å². The van der Waals surface area contributed by atoms with Gasteiger partial charge in [-0.25, -0.2) is 4.79 Å². The van der Waals surface area contributed by atoms with Crippen LogP contribution in [0.1, 0.15) is 30.5 Å². The Morgan fingerprint density at radius 1 is 1.21 bits per heavy atom. The first-order chi connectivity index (χ1) is 13.7. The summed E-state index contributed by atoms with van der Waals surface area (Å²) in [6, 6.07) is 10.8. The molecule has 1 aromatic carbocycles. The van der Waals surface area contributed by atoms with Crippen LogP contribution in [0, 0.1) is 6.92 Å². The van der Waals surface area contributed by atoms with Crippen LogP contribution >= 0.6 is 0 Å². The Labute approximate surface area is 162 Å². The van der Waals surface area contributed by atoms with Gasteiger partial charge in [-0.2, -0.15) is 4.98 Å². The van der Waals surface area contributed by atoms with Gasteiger partial charge in [0, 0.05) is 32.1 Å². The maximum Gasteiger partial charge on any atom is 0.321 e. The van der Waals surface area contributed by atoms with Gasteiger partial charge in [0.15, 0.2) is 11.6 Å². The average molecular weight is 379 g/mol. The Morgan fingerprint density at radius 3 is 2.75 bits per heavy atom. The highest BCUT2D eigenvalue weighted by molar-refractivity contribution is 5.91. The number of para-hydroxylation sites is 2. The van der Waals surface area contributed by atoms with Crippen LogP contribution in [0.5, 0.6) is 11.5 Å². The maximum atomic E-state index is 12.7. The van der Waals surface area contributed by atoms with Gasteiger partial charge in [0.25, 0.3) is 0 Å². The molecule has 1 aliphatic heterocycles. The van der Waals surface area contributed by atoms with Crippen molar-refractivity contribution in [2.45, 2.75) is 25.7 Å². The van der Waals surface area contributed by atoms with Crippen LogP contribution < -0.4 is 10.1 Å². The standard InChI is InChI=1S/C20H21N5O3/c1-14-22-19(24-28-14)15-8-11-25(12-9-15)20(26)23-17-6-2-3-7-18(17)27-16-5-4-10-21-13-16/h2-7,10,13,15H,8-9,11-12H2,1H3,(H,23,26). The zero-order chi connectivity index (χ0) is 19.3. The summed E-state index contributed by atoms with van der Waals surface area (Å²) in [5.41, 5.74) is 0.618. The number of rotatable bonds is 4. The lowest BCUT2D eigenvalue weighted by Crippen LogP contribution is -2.40. The Hall–Kier alpha value is -3.42. The van der Waals surface area contributed by atoms with Gasteiger partial charge < -0.3 is 19.5 Å². The topological polar surface area (TPSA) is 93.4 Å². The van der Waals surface area contributed by atoms with Crippen molar-refractivity contribution in [3.8, 4) is 11.5 Å². The maximum absolute atomic E-state index is 12.7. The van der Waals surface area contributed by atoms with E-state index in [-0.39, 0.29) is 11.9 Å². The van der Waals surface area contributed by atoms with E-state index in [1.807, 2.05) is 30.3 Å². The van der Waals surface area contributed by atoms with Crippen LogP contribution in [-0.2, 0) is 0 Å². The van der Waals surface area contributed by atoms with Crippen molar-refractivity contribution < 1.29 is 14.1 Å². The lowest BCUT2D eigenvalue weighted by atomic mass is 9.96. The average Bonchev–Trinajstić information content (AvgIpc) is 3.17. The highest BCUT2D eigenvalue weighted by atomic mass is 16.5. The molecule has 1 saturated heterocycles. The van der Waals surface area contributed by atoms with E-state index >= 15 is 0 Å². The van der Waals surface area contributed by atoms with Gasteiger partial charge in [0.05, 0.1) is 11.9 Å². The Kier molecular flexibility index (Phi) is 5.18. The molecular weight excluding hydrogens is 358 g/mol. The summed E-state index contributed by atoms with van der Waals surface area (Å²) >= 11 is 0. The number of amides is 2. The number of hydrogen-bond donors (Lipinski definition) is 1. The number of piperidine rings is 1. The molecule has 3 heterocycles. The number of urea groups is 1. The SMILES string of the molecule is Cc1nc(C2CCN(C(=O)Nc3ccccc3Oc3cccnc3)CC2)no1. The summed E-state index contributed by atoms with van der Waals surface area (Å²) in [7, 11) is 0. The van der Waals surface area contributed by atoms with Crippen LogP contribution in [0.25, 0.3) is 0 Å². The predicted octanol–water partition coefficient (Wildman–Crippen LogP) is 3.98. The van der Waals surface area contributed by atoms with Gasteiger partial charge in [-0.3, -0.25) is 4.98 Å². The molecule has 0 spiro atoms. The number of ether oxygens (including phenoxy) is 1. The molecule has 0 aliphatic carbocycles. The van der Waals surface area contributed by atoms with Crippen molar-refractivity contribution in [3.05, 3.63) is 60.5 Å². The minimum Gasteiger partial charge on any atom is -0.454 e. The molecule has 144 valence electrons. The first-order valence-corrected chi connectivity index (χ1v) is 9.22. The van der Waals surface area contributed by atoms with Crippen LogP contribution in [-0.4, -0.2) is 39.1 Å². The van der Waals surface area contributed by atoms with Crippen molar-refractivity contribution in [1.82, 2.24) is 20.0 Å². The molecule has 28 heavy (non-hydrogen) atoms. The number of nitrogens with zero attached hydrogens (tertiary/aromatic N) is 4. The molecule has 0 radical (unpaired) electrons. The van der Waals surface area contributed by atoms with E-state index in [0.29, 0.717) is 36.2 Å². The van der Waals surface area contributed by atoms with Gasteiger partial charge in [0.2, 0.25) is 5.89 Å². The molecule has 8 nitrogen and oxygen atoms in total. The first kappa shape index (κ1) is 18.0. The van der Waals surface area contributed by atoms with E-state index in [1.54, 1.807) is 30.3 Å². The van der Waals surface area contributed by atoms with E-state index in [4.69, 9.17) is 9.26 Å². The number of aromatic nitrogens is 3. The smallest absolute Gasteiger partial charge is 0.321 e. The van der Waals surface area contributed by atoms with E-state index in [2.05, 4.69) is 20.4 Å². The second-order valence-corrected chi connectivity index (χ2v) is 6.65. The lowest BCUT2D eigenvalue weighted by Gasteiger charge is -2.30. The second kappa shape index (κ2) is 8.08. The Bertz CT molecular complexity index is 936. The van der Waals surface area contributed by atoms with Crippen LogP contribution in [0.3, 0.4) is 0 Å². The molecule has 0 saturated carbocycles. The van der Waals surface area contributed by atoms with Crippen molar-refractivity contribution >= 4 is 11.7 Å². The number of likely N-dealkylation sites (tertiary alicyclic amines) is 1. The molecule has 1 fully saturated rings. The number of carbonyl (C=O) groups excluding carboxylic acids is 1. The second-order valence-electron chi connectivity index (χ2n) is 6.65. The summed E-state index contributed by atoms with van der Waals surface area (Å²) in [4.78, 5) is 22.9. The Balaban J connectivity index is 1.38. The Morgan fingerprint density at radius 2 is 2.04 bits per heavy atom. The lowest BCUT2D eigenvalue weighted by molar-refractivity contribution is 0.193. The van der Waals surface area contributed by atoms with Crippen molar-refractivity contribution in [1.29, 1.82) is 0 Å². The fourth-order valence-corrected chi connectivity index (χ4v) is 3.21. The molecule has 0 atom stereocenters. The first-order valence-electron chi connectivity index (χ1n) is 9.22. The van der Waals surface area contributed by atoms with E-state index in [0.717, 1.165) is 18.7 Å². The third-order valence-corrected chi connectivity index (χ3v) is 4.68. The highest BCUT2D eigenvalue weighted by Gasteiger charge is 2.27. The van der Waals surface area contributed by atoms with Gasteiger partial charge in [-0.05, 0) is 37.1 Å². The minimum absolute atomic E-state index is 0.148. The third kappa shape index (κ3) is 4.11. The number of nitrogens with one attached hydrogen (secondary N) is 1. The van der Waals surface area contributed by atoms with Crippen molar-refractivity contribution in [2.75, 3.05) is 18.4 Å². The largest absolute Gasteiger partial charge is 0.454 e. The molecule has 0 unspecified atom stereocenters. The number of carbonyl (C=O) groups is 1. The normalized spacial score (nSPS) is 14.7. The number of anilines is 1. The zero-order valence-electron chi connectivity index (χ0n) is 15.5. The summed E-state index contributed by atoms with van der Waals surface area (Å²) in [6.07, 6.45) is 4.92. The monoisotopic (exact) mass is 379 g/mol. The fourth-order valence-electron chi connectivity index (χ4n) is 3.21. The van der Waals surface area contributed by atoms with Crippen molar-refractivity contribution in [3.63, 3.8) is 0 Å². The number of pyridine rings is 1. The fraction of sp³-hybridized carbons (Fsp3) is 0.300. The third-order valence-electron chi connectivity index (χ3n) is 4.68. The van der Waals surface area contributed by atoms with Crippen LogP contribution in [0.4, 0.5) is 10.5 Å². The molecule has 2 aromatic heterocycles. The van der Waals surface area contributed by atoms with E-state index in [9.17, 15) is 4.79 Å². The molecule has 2 amide bonds. The summed E-state index contributed by atoms with van der Waals surface area (Å²) in [5.74, 6) is 2.71. The van der Waals surface area contributed by atoms with E-state index in [1.165, 1.54) is 0 Å². The van der Waals surface area contributed by atoms with Crippen LogP contribution in [0.15, 0.2) is 53.3 Å². The van der Waals surface area contributed by atoms with Gasteiger partial charge in [0.1, 0.15) is 5.75 Å². The predicted molar refractivity (Wildman–Crippen MR) is 102 cm³/mol. The minimum atomic E-state index is -0.148. The van der Waals surface area contributed by atoms with Crippen molar-refractivity contribution in [2.24, 2.45) is 0 Å².